The predicted molar refractivity (Wildman–Crippen MR) is 96.2 cm³/mol. The molecule has 6 heteroatoms. The second-order valence-electron chi connectivity index (χ2n) is 7.28. The molecule has 1 spiro atoms. The number of carbonyl (C=O) groups excluding carboxylic acids is 2. The molecule has 0 aromatic carbocycles. The monoisotopic (exact) mass is 350 g/mol. The van der Waals surface area contributed by atoms with Crippen molar-refractivity contribution in [3.05, 3.63) is 59.7 Å². The van der Waals surface area contributed by atoms with Gasteiger partial charge >= 0.3 is 0 Å². The van der Waals surface area contributed by atoms with E-state index in [9.17, 15) is 9.59 Å². The fourth-order valence-corrected chi connectivity index (χ4v) is 3.96. The Kier molecular flexibility index (Phi) is 4.18. The normalized spacial score (nSPS) is 22.4. The topological polar surface area (TPSA) is 66.4 Å². The minimum absolute atomic E-state index is 0.0344. The summed E-state index contributed by atoms with van der Waals surface area (Å²) in [6.45, 7) is 4.35. The second-order valence-corrected chi connectivity index (χ2v) is 7.28. The lowest BCUT2D eigenvalue weighted by Crippen LogP contribution is -2.38. The number of hydrogen-bond donors (Lipinski definition) is 0. The summed E-state index contributed by atoms with van der Waals surface area (Å²) in [7, 11) is 0. The van der Waals surface area contributed by atoms with E-state index in [1.165, 1.54) is 0 Å². The Morgan fingerprint density at radius 2 is 2.04 bits per heavy atom. The van der Waals surface area contributed by atoms with E-state index in [0.29, 0.717) is 25.2 Å². The molecule has 6 nitrogen and oxygen atoms in total. The minimum Gasteiger partial charge on any atom is -0.338 e. The summed E-state index contributed by atoms with van der Waals surface area (Å²) in [5, 5.41) is 0. The molecule has 0 aliphatic carbocycles. The lowest BCUT2D eigenvalue weighted by molar-refractivity contribution is -0.135. The average Bonchev–Trinajstić information content (AvgIpc) is 3.23. The van der Waals surface area contributed by atoms with Crippen molar-refractivity contribution in [2.75, 3.05) is 19.6 Å². The van der Waals surface area contributed by atoms with E-state index in [-0.39, 0.29) is 11.8 Å². The number of aromatic nitrogens is 2. The zero-order valence-corrected chi connectivity index (χ0v) is 14.9. The summed E-state index contributed by atoms with van der Waals surface area (Å²) in [4.78, 5) is 37.8. The van der Waals surface area contributed by atoms with Gasteiger partial charge in [-0.3, -0.25) is 19.6 Å². The smallest absolute Gasteiger partial charge is 0.255 e. The number of rotatable bonds is 3. The molecule has 1 unspecified atom stereocenters. The van der Waals surface area contributed by atoms with Crippen molar-refractivity contribution in [2.24, 2.45) is 5.41 Å². The highest BCUT2D eigenvalue weighted by Crippen LogP contribution is 2.41. The number of likely N-dealkylation sites (tertiary alicyclic amines) is 2. The number of hydrogen-bond acceptors (Lipinski definition) is 4. The van der Waals surface area contributed by atoms with Crippen LogP contribution in [0, 0.1) is 12.3 Å². The van der Waals surface area contributed by atoms with Crippen LogP contribution in [0.3, 0.4) is 0 Å². The van der Waals surface area contributed by atoms with Gasteiger partial charge in [0, 0.05) is 50.5 Å². The summed E-state index contributed by atoms with van der Waals surface area (Å²) in [6.07, 6.45) is 6.70. The molecular formula is C20H22N4O2. The number of carbonyl (C=O) groups is 2. The zero-order chi connectivity index (χ0) is 18.1. The van der Waals surface area contributed by atoms with Crippen LogP contribution < -0.4 is 0 Å². The molecule has 2 aromatic rings. The minimum atomic E-state index is -0.421. The Labute approximate surface area is 152 Å². The van der Waals surface area contributed by atoms with Crippen molar-refractivity contribution in [3.63, 3.8) is 0 Å². The molecule has 2 aromatic heterocycles. The van der Waals surface area contributed by atoms with E-state index in [2.05, 4.69) is 9.97 Å². The fourth-order valence-electron chi connectivity index (χ4n) is 3.96. The maximum Gasteiger partial charge on any atom is 0.255 e. The summed E-state index contributed by atoms with van der Waals surface area (Å²) in [5.41, 5.74) is 2.09. The van der Waals surface area contributed by atoms with E-state index in [1.807, 2.05) is 30.0 Å². The molecule has 4 rings (SSSR count). The van der Waals surface area contributed by atoms with Crippen molar-refractivity contribution < 1.29 is 9.59 Å². The molecule has 0 N–H and O–H groups in total. The van der Waals surface area contributed by atoms with Gasteiger partial charge < -0.3 is 9.80 Å². The summed E-state index contributed by atoms with van der Waals surface area (Å²) < 4.78 is 0. The third kappa shape index (κ3) is 2.96. The largest absolute Gasteiger partial charge is 0.338 e. The van der Waals surface area contributed by atoms with E-state index in [1.54, 1.807) is 29.6 Å². The average molecular weight is 350 g/mol. The second kappa shape index (κ2) is 6.52. The zero-order valence-electron chi connectivity index (χ0n) is 14.9. The highest BCUT2D eigenvalue weighted by molar-refractivity contribution is 5.95. The lowest BCUT2D eigenvalue weighted by Gasteiger charge is -2.23. The van der Waals surface area contributed by atoms with Crippen LogP contribution in [0.2, 0.25) is 0 Å². The number of pyridine rings is 2. The van der Waals surface area contributed by atoms with Gasteiger partial charge in [0.15, 0.2) is 0 Å². The fraction of sp³-hybridized carbons (Fsp3) is 0.400. The van der Waals surface area contributed by atoms with Crippen LogP contribution >= 0.6 is 0 Å². The highest BCUT2D eigenvalue weighted by Gasteiger charge is 2.51. The maximum atomic E-state index is 13.0. The van der Waals surface area contributed by atoms with Gasteiger partial charge in [0.1, 0.15) is 0 Å². The third-order valence-electron chi connectivity index (χ3n) is 5.50. The highest BCUT2D eigenvalue weighted by atomic mass is 16.2. The van der Waals surface area contributed by atoms with E-state index < -0.39 is 5.41 Å². The number of aryl methyl sites for hydroxylation is 1. The maximum absolute atomic E-state index is 13.0. The van der Waals surface area contributed by atoms with Crippen LogP contribution in [0.5, 0.6) is 0 Å². The van der Waals surface area contributed by atoms with Crippen LogP contribution in [0.4, 0.5) is 0 Å². The van der Waals surface area contributed by atoms with Crippen LogP contribution in [0.15, 0.2) is 42.9 Å². The van der Waals surface area contributed by atoms with Gasteiger partial charge in [0.25, 0.3) is 5.91 Å². The Bertz CT molecular complexity index is 821. The van der Waals surface area contributed by atoms with E-state index >= 15 is 0 Å². The Morgan fingerprint density at radius 1 is 1.19 bits per heavy atom. The first-order valence-corrected chi connectivity index (χ1v) is 8.98. The molecule has 26 heavy (non-hydrogen) atoms. The van der Waals surface area contributed by atoms with Crippen molar-refractivity contribution in [2.45, 2.75) is 26.3 Å². The summed E-state index contributed by atoms with van der Waals surface area (Å²) in [6, 6.07) is 7.52. The first kappa shape index (κ1) is 16.7. The molecule has 2 aliphatic rings. The number of amides is 2. The van der Waals surface area contributed by atoms with E-state index in [4.69, 9.17) is 0 Å². The SMILES string of the molecule is Cc1ccc(C(=O)N2CCC3(CCN(Cc4cccnc4)C3=O)C2)cn1. The van der Waals surface area contributed by atoms with E-state index in [0.717, 1.165) is 30.6 Å². The molecule has 0 saturated carbocycles. The molecular weight excluding hydrogens is 328 g/mol. The van der Waals surface area contributed by atoms with Gasteiger partial charge in [0.2, 0.25) is 5.91 Å². The lowest BCUT2D eigenvalue weighted by atomic mass is 9.85. The standard InChI is InChI=1S/C20H22N4O2/c1-15-4-5-17(12-22-15)18(25)24-10-7-20(14-24)6-9-23(19(20)26)13-16-3-2-8-21-11-16/h2-5,8,11-12H,6-7,9-10,13-14H2,1H3. The van der Waals surface area contributed by atoms with Crippen LogP contribution in [0.1, 0.15) is 34.5 Å². The van der Waals surface area contributed by atoms with Gasteiger partial charge in [-0.2, -0.15) is 0 Å². The summed E-state index contributed by atoms with van der Waals surface area (Å²) in [5.74, 6) is 0.131. The Balaban J connectivity index is 1.45. The van der Waals surface area contributed by atoms with Crippen LogP contribution in [-0.4, -0.2) is 51.2 Å². The quantitative estimate of drug-likeness (QED) is 0.850. The molecule has 2 saturated heterocycles. The third-order valence-corrected chi connectivity index (χ3v) is 5.50. The van der Waals surface area contributed by atoms with Crippen molar-refractivity contribution >= 4 is 11.8 Å². The first-order valence-electron chi connectivity index (χ1n) is 8.98. The van der Waals surface area contributed by atoms with Gasteiger partial charge in [0.05, 0.1) is 11.0 Å². The number of nitrogens with zero attached hydrogens (tertiary/aromatic N) is 4. The Morgan fingerprint density at radius 3 is 2.77 bits per heavy atom. The van der Waals surface area contributed by atoms with Crippen LogP contribution in [-0.2, 0) is 11.3 Å². The molecule has 2 aliphatic heterocycles. The molecule has 1 atom stereocenters. The molecule has 2 fully saturated rings. The van der Waals surface area contributed by atoms with Gasteiger partial charge in [-0.15, -0.1) is 0 Å². The molecule has 0 radical (unpaired) electrons. The van der Waals surface area contributed by atoms with Crippen LogP contribution in [0.25, 0.3) is 0 Å². The van der Waals surface area contributed by atoms with Gasteiger partial charge in [-0.05, 0) is 43.5 Å². The molecule has 2 amide bonds. The molecule has 4 heterocycles. The van der Waals surface area contributed by atoms with Crippen molar-refractivity contribution in [1.82, 2.24) is 19.8 Å². The van der Waals surface area contributed by atoms with Crippen molar-refractivity contribution in [1.29, 1.82) is 0 Å². The molecule has 134 valence electrons. The Hall–Kier alpha value is -2.76. The van der Waals surface area contributed by atoms with Gasteiger partial charge in [-0.1, -0.05) is 6.07 Å². The first-order chi connectivity index (χ1) is 12.6. The predicted octanol–water partition coefficient (Wildman–Crippen LogP) is 2.05. The summed E-state index contributed by atoms with van der Waals surface area (Å²) >= 11 is 0. The van der Waals surface area contributed by atoms with Crippen molar-refractivity contribution in [3.8, 4) is 0 Å². The van der Waals surface area contributed by atoms with Gasteiger partial charge in [-0.25, -0.2) is 0 Å². The molecule has 0 bridgehead atoms.